The number of hydrogen-bond donors (Lipinski definition) is 2. The largest absolute Gasteiger partial charge is 0.384 e. The van der Waals surface area contributed by atoms with Gasteiger partial charge in [0.1, 0.15) is 0 Å². The molecule has 1 heterocycles. The quantitative estimate of drug-likeness (QED) is 0.632. The molecule has 2 amide bonds. The minimum absolute atomic E-state index is 0.0194. The third kappa shape index (κ3) is 4.94. The molecule has 2 aromatic rings. The first-order valence-corrected chi connectivity index (χ1v) is 10.1. The summed E-state index contributed by atoms with van der Waals surface area (Å²) in [5.74, 6) is 0.489. The summed E-state index contributed by atoms with van der Waals surface area (Å²) in [7, 11) is 0. The number of piperidine rings is 1. The topological polar surface area (TPSA) is 44.4 Å². The van der Waals surface area contributed by atoms with Gasteiger partial charge in [0.25, 0.3) is 0 Å². The lowest BCUT2D eigenvalue weighted by molar-refractivity contribution is 0.160. The van der Waals surface area contributed by atoms with E-state index in [-0.39, 0.29) is 11.4 Å². The van der Waals surface area contributed by atoms with Gasteiger partial charge in [-0.3, -0.25) is 0 Å². The van der Waals surface area contributed by atoms with E-state index in [2.05, 4.69) is 61.4 Å². The van der Waals surface area contributed by atoms with Crippen molar-refractivity contribution in [2.24, 2.45) is 5.41 Å². The Morgan fingerprint density at radius 1 is 1.07 bits per heavy atom. The zero-order chi connectivity index (χ0) is 20.0. The number of rotatable bonds is 6. The van der Waals surface area contributed by atoms with Gasteiger partial charge in [-0.25, -0.2) is 4.79 Å². The molecule has 4 heteroatoms. The van der Waals surface area contributed by atoms with Gasteiger partial charge in [-0.15, -0.1) is 6.58 Å². The number of carbonyl (C=O) groups is 1. The molecule has 0 aromatic heterocycles. The summed E-state index contributed by atoms with van der Waals surface area (Å²) < 4.78 is 0. The number of amides is 2. The summed E-state index contributed by atoms with van der Waals surface area (Å²) >= 11 is 0. The molecule has 0 bridgehead atoms. The van der Waals surface area contributed by atoms with Crippen molar-refractivity contribution in [2.75, 3.05) is 30.3 Å². The van der Waals surface area contributed by atoms with Crippen LogP contribution in [0, 0.1) is 5.41 Å². The molecule has 4 nitrogen and oxygen atoms in total. The number of benzene rings is 2. The molecule has 148 valence electrons. The lowest BCUT2D eigenvalue weighted by atomic mass is 9.78. The van der Waals surface area contributed by atoms with Gasteiger partial charge in [0, 0.05) is 36.4 Å². The maximum Gasteiger partial charge on any atom is 0.321 e. The summed E-state index contributed by atoms with van der Waals surface area (Å²) in [4.78, 5) is 14.5. The highest BCUT2D eigenvalue weighted by atomic mass is 16.2. The highest BCUT2D eigenvalue weighted by Crippen LogP contribution is 2.33. The average molecular weight is 378 g/mol. The fraction of sp³-hybridized carbons (Fsp3) is 0.375. The highest BCUT2D eigenvalue weighted by molar-refractivity contribution is 5.89. The predicted molar refractivity (Wildman–Crippen MR) is 118 cm³/mol. The van der Waals surface area contributed by atoms with Crippen molar-refractivity contribution >= 4 is 17.4 Å². The fourth-order valence-electron chi connectivity index (χ4n) is 3.60. The number of nitrogens with one attached hydrogen (secondary N) is 2. The molecule has 1 saturated heterocycles. The highest BCUT2D eigenvalue weighted by Gasteiger charge is 2.33. The van der Waals surface area contributed by atoms with Crippen molar-refractivity contribution in [2.45, 2.75) is 32.6 Å². The summed E-state index contributed by atoms with van der Waals surface area (Å²) in [5.41, 5.74) is 3.26. The molecule has 0 aliphatic carbocycles. The number of para-hydroxylation sites is 1. The van der Waals surface area contributed by atoms with E-state index in [1.807, 2.05) is 35.2 Å². The number of hydrogen-bond acceptors (Lipinski definition) is 2. The Morgan fingerprint density at radius 2 is 1.71 bits per heavy atom. The van der Waals surface area contributed by atoms with Crippen LogP contribution in [-0.4, -0.2) is 30.6 Å². The van der Waals surface area contributed by atoms with Crippen LogP contribution in [0.25, 0.3) is 0 Å². The first-order chi connectivity index (χ1) is 13.5. The van der Waals surface area contributed by atoms with Crippen molar-refractivity contribution in [3.63, 3.8) is 0 Å². The van der Waals surface area contributed by atoms with E-state index in [1.165, 1.54) is 5.56 Å². The normalized spacial score (nSPS) is 15.9. The minimum Gasteiger partial charge on any atom is -0.384 e. The van der Waals surface area contributed by atoms with Crippen molar-refractivity contribution < 1.29 is 4.79 Å². The Labute approximate surface area is 168 Å². The van der Waals surface area contributed by atoms with E-state index < -0.39 is 0 Å². The second-order valence-electron chi connectivity index (χ2n) is 7.98. The molecule has 1 aliphatic heterocycles. The van der Waals surface area contributed by atoms with Crippen LogP contribution in [0.3, 0.4) is 0 Å². The molecule has 1 fully saturated rings. The summed E-state index contributed by atoms with van der Waals surface area (Å²) in [5, 5.41) is 6.54. The summed E-state index contributed by atoms with van der Waals surface area (Å²) in [6, 6.07) is 18.3. The van der Waals surface area contributed by atoms with Crippen LogP contribution in [0.15, 0.2) is 67.3 Å². The molecule has 28 heavy (non-hydrogen) atoms. The first kappa shape index (κ1) is 20.0. The van der Waals surface area contributed by atoms with E-state index in [1.54, 1.807) is 0 Å². The Balaban J connectivity index is 1.52. The minimum atomic E-state index is -0.0222. The third-order valence-electron chi connectivity index (χ3n) is 5.73. The maximum absolute atomic E-state index is 12.6. The SMILES string of the molecule is C=CC1(CNc2ccccc2)CCN(C(=O)Nc2ccc(C(C)C)cc2)CC1. The molecular formula is C24H31N3O. The van der Waals surface area contributed by atoms with Gasteiger partial charge < -0.3 is 15.5 Å². The lowest BCUT2D eigenvalue weighted by Crippen LogP contribution is -2.46. The number of anilines is 2. The third-order valence-corrected chi connectivity index (χ3v) is 5.73. The van der Waals surface area contributed by atoms with Gasteiger partial charge in [0.05, 0.1) is 0 Å². The Morgan fingerprint density at radius 3 is 2.29 bits per heavy atom. The number of carbonyl (C=O) groups excluding carboxylic acids is 1. The molecule has 1 aliphatic rings. The molecule has 0 saturated carbocycles. The average Bonchev–Trinajstić information content (AvgIpc) is 2.74. The van der Waals surface area contributed by atoms with Crippen molar-refractivity contribution in [1.82, 2.24) is 4.90 Å². The van der Waals surface area contributed by atoms with Gasteiger partial charge in [-0.1, -0.05) is 50.3 Å². The van der Waals surface area contributed by atoms with Crippen LogP contribution < -0.4 is 10.6 Å². The standard InChI is InChI=1S/C24H31N3O/c1-4-24(18-25-21-8-6-5-7-9-21)14-16-27(17-15-24)23(28)26-22-12-10-20(11-13-22)19(2)3/h4-13,19,25H,1,14-18H2,2-3H3,(H,26,28). The summed E-state index contributed by atoms with van der Waals surface area (Å²) in [6.07, 6.45) is 3.88. The van der Waals surface area contributed by atoms with Crippen molar-refractivity contribution in [3.05, 3.63) is 72.8 Å². The molecular weight excluding hydrogens is 346 g/mol. The molecule has 0 unspecified atom stereocenters. The lowest BCUT2D eigenvalue weighted by Gasteiger charge is -2.40. The molecule has 2 aromatic carbocycles. The zero-order valence-corrected chi connectivity index (χ0v) is 16.9. The Kier molecular flexibility index (Phi) is 6.40. The van der Waals surface area contributed by atoms with Crippen molar-refractivity contribution in [1.29, 1.82) is 0 Å². The second-order valence-corrected chi connectivity index (χ2v) is 7.98. The Bertz CT molecular complexity index is 775. The van der Waals surface area contributed by atoms with Crippen LogP contribution >= 0.6 is 0 Å². The van der Waals surface area contributed by atoms with Crippen LogP contribution in [0.1, 0.15) is 38.2 Å². The first-order valence-electron chi connectivity index (χ1n) is 10.1. The molecule has 2 N–H and O–H groups in total. The smallest absolute Gasteiger partial charge is 0.321 e. The maximum atomic E-state index is 12.6. The van der Waals surface area contributed by atoms with Crippen LogP contribution in [0.4, 0.5) is 16.2 Å². The van der Waals surface area contributed by atoms with E-state index in [4.69, 9.17) is 0 Å². The number of nitrogens with zero attached hydrogens (tertiary/aromatic N) is 1. The number of urea groups is 1. The molecule has 0 radical (unpaired) electrons. The van der Waals surface area contributed by atoms with Gasteiger partial charge in [-0.2, -0.15) is 0 Å². The predicted octanol–water partition coefficient (Wildman–Crippen LogP) is 5.72. The molecule has 3 rings (SSSR count). The second kappa shape index (κ2) is 8.96. The van der Waals surface area contributed by atoms with Gasteiger partial charge >= 0.3 is 6.03 Å². The van der Waals surface area contributed by atoms with Crippen LogP contribution in [0.2, 0.25) is 0 Å². The van der Waals surface area contributed by atoms with Gasteiger partial charge in [0.15, 0.2) is 0 Å². The van der Waals surface area contributed by atoms with E-state index in [0.29, 0.717) is 5.92 Å². The van der Waals surface area contributed by atoms with E-state index >= 15 is 0 Å². The van der Waals surface area contributed by atoms with Crippen LogP contribution in [0.5, 0.6) is 0 Å². The molecule has 0 spiro atoms. The Hall–Kier alpha value is -2.75. The van der Waals surface area contributed by atoms with Gasteiger partial charge in [-0.05, 0) is 48.6 Å². The monoisotopic (exact) mass is 377 g/mol. The fourth-order valence-corrected chi connectivity index (χ4v) is 3.60. The van der Waals surface area contributed by atoms with E-state index in [9.17, 15) is 4.79 Å². The van der Waals surface area contributed by atoms with Crippen molar-refractivity contribution in [3.8, 4) is 0 Å². The van der Waals surface area contributed by atoms with Crippen LogP contribution in [-0.2, 0) is 0 Å². The summed E-state index contributed by atoms with van der Waals surface area (Å²) in [6.45, 7) is 10.7. The number of likely N-dealkylation sites (tertiary alicyclic amines) is 1. The van der Waals surface area contributed by atoms with E-state index in [0.717, 1.165) is 43.9 Å². The van der Waals surface area contributed by atoms with Gasteiger partial charge in [0.2, 0.25) is 0 Å². The zero-order valence-electron chi connectivity index (χ0n) is 16.9. The molecule has 0 atom stereocenters.